The van der Waals surface area contributed by atoms with Gasteiger partial charge in [-0.25, -0.2) is 0 Å². The number of aliphatic hydroxyl groups is 1. The summed E-state index contributed by atoms with van der Waals surface area (Å²) in [4.78, 5) is 55.4. The van der Waals surface area contributed by atoms with E-state index in [1.807, 2.05) is 13.8 Å². The van der Waals surface area contributed by atoms with Gasteiger partial charge in [0.2, 0.25) is 11.8 Å². The Labute approximate surface area is 236 Å². The molecule has 2 aliphatic rings. The Morgan fingerprint density at radius 3 is 2.60 bits per heavy atom. The van der Waals surface area contributed by atoms with Crippen LogP contribution in [0, 0.1) is 22.7 Å². The number of hydrogen-bond donors (Lipinski definition) is 3. The number of benzene rings is 1. The SMILES string of the molecule is CCCC[C@H](C)[C@@H](O)CC(=O)N1C(=O)[C@@H](Cc2ccccc2C#N)NC(=O)[C@H]1CC1(C(=O)[C@H](C)N)C=CC=CC1. The average Bonchev–Trinajstić information content (AvgIpc) is 2.94. The molecule has 1 saturated heterocycles. The summed E-state index contributed by atoms with van der Waals surface area (Å²) >= 11 is 0. The number of nitrogens with two attached hydrogens (primary N) is 1. The Morgan fingerprint density at radius 2 is 1.98 bits per heavy atom. The van der Waals surface area contributed by atoms with Crippen molar-refractivity contribution < 1.29 is 24.3 Å². The molecule has 0 saturated carbocycles. The lowest BCUT2D eigenvalue weighted by Crippen LogP contribution is -2.66. The number of piperazine rings is 1. The minimum atomic E-state index is -1.26. The quantitative estimate of drug-likeness (QED) is 0.363. The monoisotopic (exact) mass is 548 g/mol. The molecule has 0 spiro atoms. The van der Waals surface area contributed by atoms with Crippen LogP contribution >= 0.6 is 0 Å². The molecule has 1 heterocycles. The largest absolute Gasteiger partial charge is 0.392 e. The third kappa shape index (κ3) is 6.93. The van der Waals surface area contributed by atoms with Crippen LogP contribution in [0.2, 0.25) is 0 Å². The van der Waals surface area contributed by atoms with E-state index in [0.29, 0.717) is 11.1 Å². The zero-order valence-electron chi connectivity index (χ0n) is 23.5. The van der Waals surface area contributed by atoms with E-state index in [4.69, 9.17) is 5.73 Å². The molecule has 4 N–H and O–H groups in total. The number of nitrogens with one attached hydrogen (secondary N) is 1. The predicted octanol–water partition coefficient (Wildman–Crippen LogP) is 2.71. The number of amides is 3. The Kier molecular flexibility index (Phi) is 10.5. The molecule has 0 aromatic heterocycles. The third-order valence-electron chi connectivity index (χ3n) is 7.96. The highest BCUT2D eigenvalue weighted by Crippen LogP contribution is 2.38. The first kappa shape index (κ1) is 30.9. The van der Waals surface area contributed by atoms with Gasteiger partial charge in [-0.05, 0) is 43.7 Å². The van der Waals surface area contributed by atoms with Gasteiger partial charge in [0.05, 0.1) is 35.6 Å². The standard InChI is InChI=1S/C31H40N4O5/c1-4-5-11-20(2)26(36)17-27(37)35-25(18-31(28(38)21(3)33)14-9-6-10-15-31)29(39)34-24(30(35)40)16-22-12-7-8-13-23(22)19-32/h6-10,12-14,20-21,24-26,36H,4-5,11,15-18,33H2,1-3H3,(H,34,39)/t20-,21-,24+,25+,26-,31?/m0/s1. The average molecular weight is 549 g/mol. The molecule has 40 heavy (non-hydrogen) atoms. The van der Waals surface area contributed by atoms with Gasteiger partial charge in [-0.2, -0.15) is 5.26 Å². The molecule has 0 bridgehead atoms. The first-order chi connectivity index (χ1) is 19.0. The molecule has 1 aromatic carbocycles. The number of carbonyl (C=O) groups excluding carboxylic acids is 4. The highest BCUT2D eigenvalue weighted by atomic mass is 16.3. The summed E-state index contributed by atoms with van der Waals surface area (Å²) in [6.07, 6.45) is 8.40. The van der Waals surface area contributed by atoms with Crippen LogP contribution in [-0.4, -0.2) is 57.7 Å². The fourth-order valence-electron chi connectivity index (χ4n) is 5.51. The second-order valence-corrected chi connectivity index (χ2v) is 11.0. The number of allylic oxidation sites excluding steroid dienone is 4. The van der Waals surface area contributed by atoms with Gasteiger partial charge in [-0.3, -0.25) is 24.1 Å². The molecule has 1 fully saturated rings. The van der Waals surface area contributed by atoms with Crippen LogP contribution in [0.5, 0.6) is 0 Å². The van der Waals surface area contributed by atoms with Gasteiger partial charge in [0.25, 0.3) is 5.91 Å². The molecule has 1 aliphatic carbocycles. The minimum Gasteiger partial charge on any atom is -0.392 e. The summed E-state index contributed by atoms with van der Waals surface area (Å²) in [5, 5.41) is 23.0. The first-order valence-corrected chi connectivity index (χ1v) is 14.0. The molecule has 3 rings (SSSR count). The van der Waals surface area contributed by atoms with E-state index in [2.05, 4.69) is 11.4 Å². The highest BCUT2D eigenvalue weighted by Gasteiger charge is 2.49. The van der Waals surface area contributed by atoms with Crippen molar-refractivity contribution in [2.75, 3.05) is 0 Å². The number of imide groups is 1. The molecule has 6 atom stereocenters. The molecule has 214 valence electrons. The van der Waals surface area contributed by atoms with Crippen LogP contribution in [-0.2, 0) is 25.6 Å². The van der Waals surface area contributed by atoms with Crippen molar-refractivity contribution in [3.8, 4) is 6.07 Å². The fraction of sp³-hybridized carbons (Fsp3) is 0.516. The predicted molar refractivity (Wildman–Crippen MR) is 150 cm³/mol. The fourth-order valence-corrected chi connectivity index (χ4v) is 5.51. The van der Waals surface area contributed by atoms with Gasteiger partial charge < -0.3 is 16.2 Å². The van der Waals surface area contributed by atoms with Gasteiger partial charge in [0, 0.05) is 6.42 Å². The van der Waals surface area contributed by atoms with E-state index in [1.165, 1.54) is 0 Å². The lowest BCUT2D eigenvalue weighted by Gasteiger charge is -2.42. The maximum atomic E-state index is 13.9. The zero-order chi connectivity index (χ0) is 29.4. The molecular weight excluding hydrogens is 508 g/mol. The number of aliphatic hydroxyl groups excluding tert-OH is 1. The second kappa shape index (κ2) is 13.6. The molecule has 1 aliphatic heterocycles. The van der Waals surface area contributed by atoms with E-state index in [0.717, 1.165) is 24.2 Å². The summed E-state index contributed by atoms with van der Waals surface area (Å²) in [7, 11) is 0. The number of carbonyl (C=O) groups is 4. The van der Waals surface area contributed by atoms with E-state index in [9.17, 15) is 29.5 Å². The van der Waals surface area contributed by atoms with Gasteiger partial charge in [0.1, 0.15) is 12.1 Å². The van der Waals surface area contributed by atoms with Crippen molar-refractivity contribution in [1.82, 2.24) is 10.2 Å². The lowest BCUT2D eigenvalue weighted by molar-refractivity contribution is -0.161. The lowest BCUT2D eigenvalue weighted by atomic mass is 9.70. The summed E-state index contributed by atoms with van der Waals surface area (Å²) in [5.41, 5.74) is 5.73. The van der Waals surface area contributed by atoms with Crippen molar-refractivity contribution in [1.29, 1.82) is 5.26 Å². The summed E-state index contributed by atoms with van der Waals surface area (Å²) in [6.45, 7) is 5.47. The molecule has 9 heteroatoms. The molecule has 9 nitrogen and oxygen atoms in total. The molecule has 0 radical (unpaired) electrons. The molecular formula is C31H40N4O5. The van der Waals surface area contributed by atoms with E-state index < -0.39 is 47.4 Å². The van der Waals surface area contributed by atoms with Crippen LogP contribution in [0.1, 0.15) is 70.4 Å². The van der Waals surface area contributed by atoms with Crippen LogP contribution in [0.15, 0.2) is 48.6 Å². The first-order valence-electron chi connectivity index (χ1n) is 14.0. The number of Topliss-reactive ketones (excluding diaryl/α,β-unsaturated/α-hetero) is 1. The minimum absolute atomic E-state index is 0.0206. The van der Waals surface area contributed by atoms with Crippen LogP contribution in [0.4, 0.5) is 0 Å². The molecule has 3 amide bonds. The normalized spacial score (nSPS) is 24.6. The Balaban J connectivity index is 1.96. The maximum Gasteiger partial charge on any atom is 0.252 e. The highest BCUT2D eigenvalue weighted by molar-refractivity contribution is 6.07. The van der Waals surface area contributed by atoms with Crippen molar-refractivity contribution in [3.63, 3.8) is 0 Å². The van der Waals surface area contributed by atoms with E-state index in [-0.39, 0.29) is 37.4 Å². The number of nitrogens with zero attached hydrogens (tertiary/aromatic N) is 2. The number of unbranched alkanes of at least 4 members (excludes halogenated alkanes) is 1. The van der Waals surface area contributed by atoms with Gasteiger partial charge in [0.15, 0.2) is 5.78 Å². The smallest absolute Gasteiger partial charge is 0.252 e. The van der Waals surface area contributed by atoms with E-state index in [1.54, 1.807) is 55.5 Å². The number of ketones is 1. The van der Waals surface area contributed by atoms with Crippen molar-refractivity contribution in [2.45, 2.75) is 89.9 Å². The summed E-state index contributed by atoms with van der Waals surface area (Å²) < 4.78 is 0. The van der Waals surface area contributed by atoms with Crippen molar-refractivity contribution in [3.05, 3.63) is 59.7 Å². The maximum absolute atomic E-state index is 13.9. The molecule has 1 unspecified atom stereocenters. The Hall–Kier alpha value is -3.61. The Morgan fingerprint density at radius 1 is 1.25 bits per heavy atom. The van der Waals surface area contributed by atoms with Crippen LogP contribution < -0.4 is 11.1 Å². The Bertz CT molecular complexity index is 1220. The van der Waals surface area contributed by atoms with Crippen molar-refractivity contribution in [2.24, 2.45) is 17.1 Å². The van der Waals surface area contributed by atoms with Gasteiger partial charge in [-0.1, -0.05) is 69.2 Å². The zero-order valence-corrected chi connectivity index (χ0v) is 23.5. The second-order valence-electron chi connectivity index (χ2n) is 11.0. The summed E-state index contributed by atoms with van der Waals surface area (Å²) in [6, 6.07) is 5.68. The third-order valence-corrected chi connectivity index (χ3v) is 7.96. The van der Waals surface area contributed by atoms with E-state index >= 15 is 0 Å². The topological polar surface area (TPSA) is 154 Å². The summed E-state index contributed by atoms with van der Waals surface area (Å²) in [5.74, 6) is -2.33. The number of nitriles is 1. The number of hydrogen-bond acceptors (Lipinski definition) is 7. The van der Waals surface area contributed by atoms with Gasteiger partial charge in [-0.15, -0.1) is 0 Å². The number of rotatable bonds is 12. The van der Waals surface area contributed by atoms with Crippen LogP contribution in [0.25, 0.3) is 0 Å². The van der Waals surface area contributed by atoms with Gasteiger partial charge >= 0.3 is 0 Å². The van der Waals surface area contributed by atoms with Crippen LogP contribution in [0.3, 0.4) is 0 Å². The molecule has 1 aromatic rings. The van der Waals surface area contributed by atoms with Crippen molar-refractivity contribution >= 4 is 23.5 Å².